The smallest absolute Gasteiger partial charge is 0.320 e. The number of hydrogen-bond donors (Lipinski definition) is 2. The average molecular weight is 283 g/mol. The molecule has 1 saturated heterocycles. The molecule has 0 spiro atoms. The predicted molar refractivity (Wildman–Crippen MR) is 63.1 cm³/mol. The van der Waals surface area contributed by atoms with Crippen LogP contribution in [0.2, 0.25) is 0 Å². The highest BCUT2D eigenvalue weighted by molar-refractivity contribution is 9.10. The molecule has 0 aliphatic carbocycles. The fourth-order valence-electron chi connectivity index (χ4n) is 1.92. The highest BCUT2D eigenvalue weighted by Gasteiger charge is 2.33. The molecule has 6 heteroatoms. The number of likely N-dealkylation sites (tertiary alicyclic amines) is 1. The first-order valence-corrected chi connectivity index (χ1v) is 5.65. The first-order chi connectivity index (χ1) is 7.59. The summed E-state index contributed by atoms with van der Waals surface area (Å²) in [6, 6.07) is 1.16. The Morgan fingerprint density at radius 1 is 1.62 bits per heavy atom. The zero-order chi connectivity index (χ0) is 11.7. The molecular weight excluding hydrogens is 272 g/mol. The monoisotopic (exact) mass is 282 g/mol. The van der Waals surface area contributed by atoms with E-state index in [2.05, 4.69) is 20.9 Å². The van der Waals surface area contributed by atoms with Gasteiger partial charge in [0.25, 0.3) is 0 Å². The van der Waals surface area contributed by atoms with E-state index in [0.29, 0.717) is 6.42 Å². The van der Waals surface area contributed by atoms with Crippen LogP contribution in [0.15, 0.2) is 22.9 Å². The molecule has 1 unspecified atom stereocenters. The molecule has 0 radical (unpaired) electrons. The first kappa shape index (κ1) is 11.1. The number of halogens is 1. The molecule has 1 aromatic heterocycles. The molecule has 1 fully saturated rings. The third kappa shape index (κ3) is 1.92. The summed E-state index contributed by atoms with van der Waals surface area (Å²) in [5, 5.41) is 7.66. The largest absolute Gasteiger partial charge is 0.351 e. The van der Waals surface area contributed by atoms with Gasteiger partial charge in [0.1, 0.15) is 5.84 Å². The van der Waals surface area contributed by atoms with E-state index in [0.717, 1.165) is 16.5 Å². The first-order valence-electron chi connectivity index (χ1n) is 4.86. The Kier molecular flexibility index (Phi) is 2.91. The van der Waals surface area contributed by atoms with Gasteiger partial charge in [0, 0.05) is 23.3 Å². The van der Waals surface area contributed by atoms with Crippen molar-refractivity contribution in [1.82, 2.24) is 9.88 Å². The number of pyridine rings is 1. The topological polar surface area (TPSA) is 83.1 Å². The van der Waals surface area contributed by atoms with Crippen molar-refractivity contribution in [3.05, 3.63) is 28.5 Å². The van der Waals surface area contributed by atoms with Crippen molar-refractivity contribution in [2.24, 2.45) is 5.73 Å². The third-order valence-corrected chi connectivity index (χ3v) is 3.04. The number of amidine groups is 1. The molecule has 2 heterocycles. The summed E-state index contributed by atoms with van der Waals surface area (Å²) in [4.78, 5) is 16.6. The van der Waals surface area contributed by atoms with E-state index in [4.69, 9.17) is 11.1 Å². The fourth-order valence-corrected chi connectivity index (χ4v) is 2.31. The van der Waals surface area contributed by atoms with Crippen molar-refractivity contribution in [2.45, 2.75) is 18.9 Å². The maximum absolute atomic E-state index is 11.3. The summed E-state index contributed by atoms with van der Waals surface area (Å²) in [5.41, 5.74) is 6.17. The van der Waals surface area contributed by atoms with Crippen LogP contribution in [-0.4, -0.2) is 21.8 Å². The Bertz CT molecular complexity index is 448. The number of rotatable bonds is 1. The molecule has 0 saturated carbocycles. The van der Waals surface area contributed by atoms with Crippen LogP contribution in [0.25, 0.3) is 0 Å². The SMILES string of the molecule is N=C1CCC(c2cncc(Br)c2)N1C(N)=O. The quantitative estimate of drug-likeness (QED) is 0.826. The second-order valence-electron chi connectivity index (χ2n) is 3.65. The summed E-state index contributed by atoms with van der Waals surface area (Å²) in [6.45, 7) is 0. The second kappa shape index (κ2) is 4.21. The second-order valence-corrected chi connectivity index (χ2v) is 4.56. The molecule has 16 heavy (non-hydrogen) atoms. The van der Waals surface area contributed by atoms with Crippen molar-refractivity contribution in [1.29, 1.82) is 5.41 Å². The molecule has 5 nitrogen and oxygen atoms in total. The Balaban J connectivity index is 2.34. The minimum atomic E-state index is -0.576. The summed E-state index contributed by atoms with van der Waals surface area (Å²) < 4.78 is 0.854. The lowest BCUT2D eigenvalue weighted by atomic mass is 10.1. The molecule has 1 aromatic rings. The molecule has 0 aromatic carbocycles. The van der Waals surface area contributed by atoms with Crippen LogP contribution in [-0.2, 0) is 0 Å². The molecule has 2 rings (SSSR count). The van der Waals surface area contributed by atoms with E-state index in [1.54, 1.807) is 12.4 Å². The van der Waals surface area contributed by atoms with Crippen LogP contribution >= 0.6 is 15.9 Å². The number of carbonyl (C=O) groups is 1. The molecule has 3 N–H and O–H groups in total. The minimum absolute atomic E-state index is 0.157. The number of nitrogens with one attached hydrogen (secondary N) is 1. The zero-order valence-corrected chi connectivity index (χ0v) is 10.1. The number of primary amides is 1. The van der Waals surface area contributed by atoms with Gasteiger partial charge >= 0.3 is 6.03 Å². The van der Waals surface area contributed by atoms with Crippen molar-refractivity contribution in [2.75, 3.05) is 0 Å². The van der Waals surface area contributed by atoms with Crippen LogP contribution in [0.4, 0.5) is 4.79 Å². The van der Waals surface area contributed by atoms with Gasteiger partial charge in [-0.15, -0.1) is 0 Å². The number of urea groups is 1. The van der Waals surface area contributed by atoms with Crippen molar-refractivity contribution in [3.8, 4) is 0 Å². The van der Waals surface area contributed by atoms with E-state index in [1.807, 2.05) is 6.07 Å². The summed E-state index contributed by atoms with van der Waals surface area (Å²) in [5.74, 6) is 0.275. The Hall–Kier alpha value is -1.43. The summed E-state index contributed by atoms with van der Waals surface area (Å²) in [7, 11) is 0. The van der Waals surface area contributed by atoms with Crippen molar-refractivity contribution < 1.29 is 4.79 Å². The molecule has 1 aliphatic rings. The number of aromatic nitrogens is 1. The molecule has 2 amide bonds. The van der Waals surface area contributed by atoms with Gasteiger partial charge in [0.05, 0.1) is 6.04 Å². The Labute approximate surface area is 101 Å². The molecular formula is C10H11BrN4O. The lowest BCUT2D eigenvalue weighted by Gasteiger charge is -2.22. The molecule has 1 aliphatic heterocycles. The van der Waals surface area contributed by atoms with E-state index >= 15 is 0 Å². The van der Waals surface area contributed by atoms with Gasteiger partial charge in [-0.1, -0.05) is 0 Å². The number of nitrogens with two attached hydrogens (primary N) is 1. The summed E-state index contributed by atoms with van der Waals surface area (Å²) >= 11 is 3.33. The van der Waals surface area contributed by atoms with Gasteiger partial charge in [-0.25, -0.2) is 4.79 Å². The summed E-state index contributed by atoms with van der Waals surface area (Å²) in [6.07, 6.45) is 4.67. The fraction of sp³-hybridized carbons (Fsp3) is 0.300. The lowest BCUT2D eigenvalue weighted by molar-refractivity contribution is 0.221. The zero-order valence-electron chi connectivity index (χ0n) is 8.48. The van der Waals surface area contributed by atoms with Crippen LogP contribution in [0.5, 0.6) is 0 Å². The normalized spacial score (nSPS) is 20.2. The van der Waals surface area contributed by atoms with E-state index in [-0.39, 0.29) is 11.9 Å². The van der Waals surface area contributed by atoms with Gasteiger partial charge < -0.3 is 5.73 Å². The standard InChI is InChI=1S/C10H11BrN4O/c11-7-3-6(4-14-5-7)8-1-2-9(12)15(8)10(13)16/h3-5,8,12H,1-2H2,(H2,13,16). The number of nitrogens with zero attached hydrogens (tertiary/aromatic N) is 2. The van der Waals surface area contributed by atoms with Gasteiger partial charge in [0.2, 0.25) is 0 Å². The third-order valence-electron chi connectivity index (χ3n) is 2.61. The minimum Gasteiger partial charge on any atom is -0.351 e. The van der Waals surface area contributed by atoms with Crippen LogP contribution in [0.1, 0.15) is 24.4 Å². The number of amides is 2. The molecule has 1 atom stereocenters. The van der Waals surface area contributed by atoms with Gasteiger partial charge in [0.15, 0.2) is 0 Å². The van der Waals surface area contributed by atoms with E-state index in [1.165, 1.54) is 4.90 Å². The molecule has 84 valence electrons. The predicted octanol–water partition coefficient (Wildman–Crippen LogP) is 2.04. The Morgan fingerprint density at radius 2 is 2.38 bits per heavy atom. The number of hydrogen-bond acceptors (Lipinski definition) is 3. The van der Waals surface area contributed by atoms with Crippen molar-refractivity contribution in [3.63, 3.8) is 0 Å². The van der Waals surface area contributed by atoms with E-state index in [9.17, 15) is 4.79 Å². The maximum atomic E-state index is 11.3. The van der Waals surface area contributed by atoms with Crippen LogP contribution in [0.3, 0.4) is 0 Å². The van der Waals surface area contributed by atoms with Gasteiger partial charge in [-0.05, 0) is 34.0 Å². The number of carbonyl (C=O) groups excluding carboxylic acids is 1. The average Bonchev–Trinajstić information content (AvgIpc) is 2.60. The maximum Gasteiger partial charge on any atom is 0.320 e. The van der Waals surface area contributed by atoms with Crippen LogP contribution in [0, 0.1) is 5.41 Å². The van der Waals surface area contributed by atoms with E-state index < -0.39 is 6.03 Å². The molecule has 0 bridgehead atoms. The lowest BCUT2D eigenvalue weighted by Crippen LogP contribution is -2.38. The van der Waals surface area contributed by atoms with Gasteiger partial charge in [-0.2, -0.15) is 0 Å². The van der Waals surface area contributed by atoms with Crippen LogP contribution < -0.4 is 5.73 Å². The highest BCUT2D eigenvalue weighted by atomic mass is 79.9. The highest BCUT2D eigenvalue weighted by Crippen LogP contribution is 2.33. The van der Waals surface area contributed by atoms with Gasteiger partial charge in [-0.3, -0.25) is 15.3 Å². The van der Waals surface area contributed by atoms with Crippen molar-refractivity contribution >= 4 is 27.8 Å². The Morgan fingerprint density at radius 3 is 3.00 bits per heavy atom.